The zero-order valence-electron chi connectivity index (χ0n) is 11.7. The van der Waals surface area contributed by atoms with Crippen molar-refractivity contribution >= 4 is 0 Å². The highest BCUT2D eigenvalue weighted by molar-refractivity contribution is 5.23. The number of fused-ring (bicyclic) bond motifs is 1. The molecule has 0 unspecified atom stereocenters. The Bertz CT molecular complexity index is 658. The summed E-state index contributed by atoms with van der Waals surface area (Å²) in [5.41, 5.74) is 4.32. The molecule has 0 radical (unpaired) electrons. The van der Waals surface area contributed by atoms with E-state index < -0.39 is 0 Å². The number of hydrogen-bond acceptors (Lipinski definition) is 3. The third kappa shape index (κ3) is 2.80. The minimum absolute atomic E-state index is 0.0149. The third-order valence-corrected chi connectivity index (χ3v) is 3.76. The molecular formula is C16H19N3O. The molecule has 2 aromatic rings. The second-order valence-electron chi connectivity index (χ2n) is 5.35. The molecule has 0 atom stereocenters. The molecule has 2 heterocycles. The van der Waals surface area contributed by atoms with Gasteiger partial charge in [-0.3, -0.25) is 4.79 Å². The largest absolute Gasteiger partial charge is 0.312 e. The maximum absolute atomic E-state index is 12.0. The zero-order chi connectivity index (χ0) is 13.9. The summed E-state index contributed by atoms with van der Waals surface area (Å²) in [5.74, 6) is 0.802. The molecule has 4 nitrogen and oxygen atoms in total. The van der Waals surface area contributed by atoms with Crippen molar-refractivity contribution in [1.29, 1.82) is 0 Å². The summed E-state index contributed by atoms with van der Waals surface area (Å²) in [5, 5.41) is 3.20. The third-order valence-electron chi connectivity index (χ3n) is 3.76. The molecule has 2 N–H and O–H groups in total. The number of aryl methyl sites for hydroxylation is 3. The summed E-state index contributed by atoms with van der Waals surface area (Å²) in [7, 11) is 0. The Labute approximate surface area is 118 Å². The van der Waals surface area contributed by atoms with Crippen LogP contribution in [-0.2, 0) is 25.8 Å². The Morgan fingerprint density at radius 2 is 2.00 bits per heavy atom. The van der Waals surface area contributed by atoms with Crippen LogP contribution in [0.3, 0.4) is 0 Å². The van der Waals surface area contributed by atoms with Crippen molar-refractivity contribution in [3.63, 3.8) is 0 Å². The van der Waals surface area contributed by atoms with Gasteiger partial charge in [-0.2, -0.15) is 0 Å². The average molecular weight is 269 g/mol. The quantitative estimate of drug-likeness (QED) is 0.888. The van der Waals surface area contributed by atoms with Gasteiger partial charge < -0.3 is 10.3 Å². The molecule has 4 heteroatoms. The van der Waals surface area contributed by atoms with Gasteiger partial charge in [-0.05, 0) is 18.9 Å². The lowest BCUT2D eigenvalue weighted by molar-refractivity contribution is 0.612. The van der Waals surface area contributed by atoms with Gasteiger partial charge >= 0.3 is 0 Å². The molecule has 1 aliphatic rings. The Morgan fingerprint density at radius 1 is 1.20 bits per heavy atom. The Hall–Kier alpha value is -1.94. The second-order valence-corrected chi connectivity index (χ2v) is 5.35. The van der Waals surface area contributed by atoms with Crippen LogP contribution >= 0.6 is 0 Å². The summed E-state index contributed by atoms with van der Waals surface area (Å²) in [4.78, 5) is 19.5. The lowest BCUT2D eigenvalue weighted by Crippen LogP contribution is -2.32. The molecule has 0 bridgehead atoms. The Morgan fingerprint density at radius 3 is 2.80 bits per heavy atom. The van der Waals surface area contributed by atoms with E-state index in [2.05, 4.69) is 46.5 Å². The molecule has 20 heavy (non-hydrogen) atoms. The molecule has 0 spiro atoms. The summed E-state index contributed by atoms with van der Waals surface area (Å²) in [6, 6.07) is 8.50. The summed E-state index contributed by atoms with van der Waals surface area (Å²) in [6.45, 7) is 3.62. The zero-order valence-corrected chi connectivity index (χ0v) is 11.7. The van der Waals surface area contributed by atoms with Crippen LogP contribution in [0.2, 0.25) is 0 Å². The molecule has 0 aliphatic carbocycles. The van der Waals surface area contributed by atoms with Gasteiger partial charge in [0.2, 0.25) is 0 Å². The van der Waals surface area contributed by atoms with Crippen LogP contribution in [0.1, 0.15) is 28.2 Å². The number of rotatable bonds is 3. The first-order valence-corrected chi connectivity index (χ1v) is 7.09. The summed E-state index contributed by atoms with van der Waals surface area (Å²) >= 11 is 0. The van der Waals surface area contributed by atoms with Gasteiger partial charge in [0.25, 0.3) is 5.56 Å². The van der Waals surface area contributed by atoms with Crippen LogP contribution in [0, 0.1) is 6.92 Å². The van der Waals surface area contributed by atoms with Crippen LogP contribution in [-0.4, -0.2) is 16.5 Å². The van der Waals surface area contributed by atoms with Crippen LogP contribution in [0.15, 0.2) is 29.1 Å². The first-order valence-electron chi connectivity index (χ1n) is 7.09. The monoisotopic (exact) mass is 269 g/mol. The van der Waals surface area contributed by atoms with Crippen LogP contribution in [0.5, 0.6) is 0 Å². The van der Waals surface area contributed by atoms with E-state index in [-0.39, 0.29) is 5.56 Å². The predicted octanol–water partition coefficient (Wildman–Crippen LogP) is 1.51. The summed E-state index contributed by atoms with van der Waals surface area (Å²) < 4.78 is 0. The first-order chi connectivity index (χ1) is 9.72. The lowest BCUT2D eigenvalue weighted by Gasteiger charge is -2.15. The predicted molar refractivity (Wildman–Crippen MR) is 78.9 cm³/mol. The molecule has 0 saturated carbocycles. The fourth-order valence-electron chi connectivity index (χ4n) is 2.54. The molecule has 0 amide bonds. The fourth-order valence-corrected chi connectivity index (χ4v) is 2.54. The number of hydrogen-bond donors (Lipinski definition) is 2. The molecule has 3 rings (SSSR count). The highest BCUT2D eigenvalue weighted by Gasteiger charge is 2.14. The van der Waals surface area contributed by atoms with Crippen LogP contribution in [0.25, 0.3) is 0 Å². The van der Waals surface area contributed by atoms with E-state index in [0.717, 1.165) is 42.9 Å². The van der Waals surface area contributed by atoms with E-state index in [1.54, 1.807) is 0 Å². The molecule has 1 aromatic carbocycles. The van der Waals surface area contributed by atoms with Crippen molar-refractivity contribution in [3.8, 4) is 0 Å². The van der Waals surface area contributed by atoms with Crippen molar-refractivity contribution in [2.75, 3.05) is 6.54 Å². The second kappa shape index (κ2) is 5.59. The molecule has 0 fully saturated rings. The minimum Gasteiger partial charge on any atom is -0.312 e. The standard InChI is InChI=1S/C16H19N3O/c1-11-2-4-12(5-3-11)6-7-15-18-14-8-9-17-10-13(14)16(20)19-15/h2-5,17H,6-10H2,1H3,(H,18,19,20). The number of nitrogens with one attached hydrogen (secondary N) is 2. The fraction of sp³-hybridized carbons (Fsp3) is 0.375. The lowest BCUT2D eigenvalue weighted by atomic mass is 10.1. The van der Waals surface area contributed by atoms with Gasteiger partial charge in [0, 0.05) is 25.9 Å². The van der Waals surface area contributed by atoms with Gasteiger partial charge in [0.15, 0.2) is 0 Å². The highest BCUT2D eigenvalue weighted by Crippen LogP contribution is 2.09. The normalized spacial score (nSPS) is 14.1. The van der Waals surface area contributed by atoms with Crippen LogP contribution in [0.4, 0.5) is 0 Å². The van der Waals surface area contributed by atoms with E-state index in [1.165, 1.54) is 11.1 Å². The smallest absolute Gasteiger partial charge is 0.255 e. The number of aromatic nitrogens is 2. The highest BCUT2D eigenvalue weighted by atomic mass is 16.1. The molecule has 1 aliphatic heterocycles. The van der Waals surface area contributed by atoms with Gasteiger partial charge in [-0.25, -0.2) is 4.98 Å². The number of aromatic amines is 1. The summed E-state index contributed by atoms with van der Waals surface area (Å²) in [6.07, 6.45) is 2.52. The van der Waals surface area contributed by atoms with Crippen molar-refractivity contribution in [3.05, 3.63) is 62.8 Å². The SMILES string of the molecule is Cc1ccc(CCc2nc3c(c(=O)[nH]2)CNCC3)cc1. The van der Waals surface area contributed by atoms with E-state index in [9.17, 15) is 4.79 Å². The van der Waals surface area contributed by atoms with E-state index >= 15 is 0 Å². The molecule has 1 aromatic heterocycles. The maximum Gasteiger partial charge on any atom is 0.255 e. The van der Waals surface area contributed by atoms with Crippen molar-refractivity contribution in [2.45, 2.75) is 32.7 Å². The van der Waals surface area contributed by atoms with Crippen molar-refractivity contribution < 1.29 is 0 Å². The topological polar surface area (TPSA) is 57.8 Å². The van der Waals surface area contributed by atoms with Crippen molar-refractivity contribution in [1.82, 2.24) is 15.3 Å². The van der Waals surface area contributed by atoms with Gasteiger partial charge in [0.05, 0.1) is 11.3 Å². The van der Waals surface area contributed by atoms with Gasteiger partial charge in [-0.15, -0.1) is 0 Å². The molecular weight excluding hydrogens is 250 g/mol. The van der Waals surface area contributed by atoms with Crippen molar-refractivity contribution in [2.24, 2.45) is 0 Å². The van der Waals surface area contributed by atoms with Gasteiger partial charge in [-0.1, -0.05) is 29.8 Å². The van der Waals surface area contributed by atoms with E-state index in [0.29, 0.717) is 6.54 Å². The number of H-pyrrole nitrogens is 1. The number of benzene rings is 1. The Kier molecular flexibility index (Phi) is 3.65. The number of nitrogens with zero attached hydrogens (tertiary/aromatic N) is 1. The average Bonchev–Trinajstić information content (AvgIpc) is 2.47. The molecule has 0 saturated heterocycles. The minimum atomic E-state index is 0.0149. The van der Waals surface area contributed by atoms with E-state index in [4.69, 9.17) is 0 Å². The maximum atomic E-state index is 12.0. The van der Waals surface area contributed by atoms with Gasteiger partial charge in [0.1, 0.15) is 5.82 Å². The first kappa shape index (κ1) is 13.1. The Balaban J connectivity index is 1.76. The van der Waals surface area contributed by atoms with E-state index in [1.807, 2.05) is 0 Å². The molecule has 104 valence electrons. The van der Waals surface area contributed by atoms with Crippen LogP contribution < -0.4 is 10.9 Å².